The number of ether oxygens (including phenoxy) is 2. The van der Waals surface area contributed by atoms with Crippen LogP contribution in [0.1, 0.15) is 81.8 Å². The van der Waals surface area contributed by atoms with Gasteiger partial charge in [-0.15, -0.1) is 0 Å². The van der Waals surface area contributed by atoms with Gasteiger partial charge in [-0.25, -0.2) is 24.4 Å². The Labute approximate surface area is 422 Å². The number of nitrogens with zero attached hydrogens (tertiary/aromatic N) is 8. The van der Waals surface area contributed by atoms with Crippen LogP contribution in [0.25, 0.3) is 0 Å². The Morgan fingerprint density at radius 2 is 0.875 bits per heavy atom. The molecular formula is C50H75N13O9. The van der Waals surface area contributed by atoms with Gasteiger partial charge in [-0.1, -0.05) is 24.3 Å². The van der Waals surface area contributed by atoms with E-state index in [1.54, 1.807) is 43.9 Å². The highest BCUT2D eigenvalue weighted by Crippen LogP contribution is 2.25. The molecule has 1 aliphatic carbocycles. The number of hydrogen-bond acceptors (Lipinski definition) is 11. The molecule has 5 fully saturated rings. The summed E-state index contributed by atoms with van der Waals surface area (Å²) in [4.78, 5) is 92.6. The summed E-state index contributed by atoms with van der Waals surface area (Å²) in [5.74, 6) is 0.898. The molecule has 7 rings (SSSR count). The maximum atomic E-state index is 13.0. The number of rotatable bonds is 12. The fourth-order valence-electron chi connectivity index (χ4n) is 9.65. The van der Waals surface area contributed by atoms with Crippen LogP contribution in [0.2, 0.25) is 0 Å². The zero-order chi connectivity index (χ0) is 51.4. The third-order valence-electron chi connectivity index (χ3n) is 13.9. The summed E-state index contributed by atoms with van der Waals surface area (Å²) in [5, 5.41) is 12.2. The molecule has 72 heavy (non-hydrogen) atoms. The van der Waals surface area contributed by atoms with E-state index in [1.807, 2.05) is 29.2 Å². The van der Waals surface area contributed by atoms with Gasteiger partial charge in [-0.05, 0) is 119 Å². The van der Waals surface area contributed by atoms with Crippen molar-refractivity contribution in [3.63, 3.8) is 0 Å². The van der Waals surface area contributed by atoms with Gasteiger partial charge in [0, 0.05) is 85.0 Å². The van der Waals surface area contributed by atoms with Crippen molar-refractivity contribution in [2.45, 2.75) is 95.7 Å². The highest BCUT2D eigenvalue weighted by atomic mass is 16.6. The lowest BCUT2D eigenvalue weighted by atomic mass is 9.92. The van der Waals surface area contributed by atoms with Crippen LogP contribution >= 0.6 is 0 Å². The van der Waals surface area contributed by atoms with Gasteiger partial charge in [-0.3, -0.25) is 14.4 Å². The standard InChI is InChI=1S/C36H50N10O6.C14H25N3O3/c37-33(38)41-27-11-7-25(8-12-27)23-31(47)43-15-19-45(20-16-43)35(49)51-29-3-1-4-30(6-2-5-29)52-36(50)46-21-17-44(18-22-46)32(48)24-26-9-13-28(14-10-26)42-34(39)40;18-13(3-1-2-12-4-6-15-7-5-12)16-8-10-17(11-9-16)14(19)20/h7-14,29-30H,1-6,15-24H2,(H4,37,38,41)(H4,39,40,42);12,15H,1-11H2,(H,19,20). The van der Waals surface area contributed by atoms with E-state index in [4.69, 9.17) is 37.5 Å². The largest absolute Gasteiger partial charge is 0.465 e. The van der Waals surface area contributed by atoms with E-state index < -0.39 is 6.09 Å². The molecular weight excluding hydrogens is 927 g/mol. The van der Waals surface area contributed by atoms with Crippen molar-refractivity contribution in [2.24, 2.45) is 38.8 Å². The predicted octanol–water partition coefficient (Wildman–Crippen LogP) is 2.91. The second-order valence-corrected chi connectivity index (χ2v) is 19.1. The van der Waals surface area contributed by atoms with Crippen LogP contribution in [0.15, 0.2) is 58.5 Å². The summed E-state index contributed by atoms with van der Waals surface area (Å²) >= 11 is 0. The number of carbonyl (C=O) groups excluding carboxylic acids is 5. The van der Waals surface area contributed by atoms with Crippen LogP contribution in [-0.4, -0.2) is 186 Å². The van der Waals surface area contributed by atoms with E-state index in [2.05, 4.69) is 15.3 Å². The van der Waals surface area contributed by atoms with E-state index >= 15 is 0 Å². The molecule has 2 aromatic carbocycles. The smallest absolute Gasteiger partial charge is 0.410 e. The lowest BCUT2D eigenvalue weighted by molar-refractivity contribution is -0.133. The number of carbonyl (C=O) groups is 6. The zero-order valence-electron chi connectivity index (χ0n) is 41.5. The van der Waals surface area contributed by atoms with Crippen molar-refractivity contribution < 1.29 is 43.3 Å². The summed E-state index contributed by atoms with van der Waals surface area (Å²) in [6.45, 7) is 7.61. The topological polar surface area (TPSA) is 301 Å². The summed E-state index contributed by atoms with van der Waals surface area (Å²) in [6, 6.07) is 14.3. The van der Waals surface area contributed by atoms with Crippen LogP contribution in [0, 0.1) is 5.92 Å². The maximum Gasteiger partial charge on any atom is 0.410 e. The average Bonchev–Trinajstić information content (AvgIpc) is 3.36. The highest BCUT2D eigenvalue weighted by Gasteiger charge is 2.31. The summed E-state index contributed by atoms with van der Waals surface area (Å²) in [5.41, 5.74) is 24.6. The fraction of sp³-hybridized carbons (Fsp3) is 0.600. The van der Waals surface area contributed by atoms with Crippen LogP contribution in [0.3, 0.4) is 0 Å². The lowest BCUT2D eigenvalue weighted by Gasteiger charge is -2.36. The van der Waals surface area contributed by atoms with Crippen molar-refractivity contribution in [2.75, 3.05) is 91.6 Å². The Bertz CT molecular complexity index is 2030. The molecule has 0 radical (unpaired) electrons. The van der Waals surface area contributed by atoms with Crippen LogP contribution in [0.5, 0.6) is 0 Å². The number of benzene rings is 2. The quantitative estimate of drug-likeness (QED) is 0.132. The molecule has 10 N–H and O–H groups in total. The Morgan fingerprint density at radius 3 is 1.25 bits per heavy atom. The lowest BCUT2D eigenvalue weighted by Crippen LogP contribution is -2.51. The number of hydrogen-bond donors (Lipinski definition) is 6. The Hall–Kier alpha value is -6.84. The highest BCUT2D eigenvalue weighted by molar-refractivity contribution is 5.82. The van der Waals surface area contributed by atoms with Crippen molar-refractivity contribution in [1.29, 1.82) is 0 Å². The first kappa shape index (κ1) is 54.5. The molecule has 2 aromatic rings. The number of piperazine rings is 3. The van der Waals surface area contributed by atoms with Crippen molar-refractivity contribution in [1.82, 2.24) is 34.7 Å². The first-order valence-corrected chi connectivity index (χ1v) is 25.5. The molecule has 0 aromatic heterocycles. The number of nitrogens with two attached hydrogens (primary N) is 4. The van der Waals surface area contributed by atoms with Gasteiger partial charge in [0.2, 0.25) is 17.7 Å². The number of carboxylic acid groups (broad SMARTS) is 1. The first-order chi connectivity index (χ1) is 34.7. The van der Waals surface area contributed by atoms with Gasteiger partial charge in [0.15, 0.2) is 11.9 Å². The zero-order valence-corrected chi connectivity index (χ0v) is 41.5. The second-order valence-electron chi connectivity index (χ2n) is 19.1. The van der Waals surface area contributed by atoms with E-state index in [0.717, 1.165) is 55.8 Å². The van der Waals surface area contributed by atoms with Gasteiger partial charge < -0.3 is 72.2 Å². The Morgan fingerprint density at radius 1 is 0.514 bits per heavy atom. The molecule has 394 valence electrons. The molecule has 0 unspecified atom stereocenters. The van der Waals surface area contributed by atoms with Gasteiger partial charge >= 0.3 is 18.3 Å². The second kappa shape index (κ2) is 27.7. The van der Waals surface area contributed by atoms with Gasteiger partial charge in [0.05, 0.1) is 24.2 Å². The molecule has 22 nitrogen and oxygen atoms in total. The molecule has 4 aliphatic heterocycles. The van der Waals surface area contributed by atoms with E-state index in [-0.39, 0.29) is 66.9 Å². The van der Waals surface area contributed by atoms with Crippen LogP contribution in [-0.2, 0) is 36.7 Å². The first-order valence-electron chi connectivity index (χ1n) is 25.5. The Kier molecular flexibility index (Phi) is 20.9. The Balaban J connectivity index is 0.000000352. The minimum absolute atomic E-state index is 0.00418. The maximum absolute atomic E-state index is 13.0. The van der Waals surface area contributed by atoms with Crippen LogP contribution in [0.4, 0.5) is 25.8 Å². The molecule has 0 atom stereocenters. The fourth-order valence-corrected chi connectivity index (χ4v) is 9.65. The molecule has 0 spiro atoms. The van der Waals surface area contributed by atoms with Gasteiger partial charge in [0.25, 0.3) is 0 Å². The molecule has 0 bridgehead atoms. The summed E-state index contributed by atoms with van der Waals surface area (Å²) in [6.07, 6.45) is 7.98. The predicted molar refractivity (Wildman–Crippen MR) is 271 cm³/mol. The van der Waals surface area contributed by atoms with E-state index in [0.29, 0.717) is 122 Å². The minimum atomic E-state index is -0.886. The van der Waals surface area contributed by atoms with Crippen molar-refractivity contribution in [3.8, 4) is 0 Å². The number of guanidine groups is 2. The molecule has 22 heteroatoms. The number of aliphatic imine (C=N–C) groups is 2. The average molecular weight is 1000 g/mol. The monoisotopic (exact) mass is 1000 g/mol. The number of nitrogens with one attached hydrogen (secondary N) is 1. The van der Waals surface area contributed by atoms with Crippen molar-refractivity contribution in [3.05, 3.63) is 59.7 Å². The third kappa shape index (κ3) is 17.8. The van der Waals surface area contributed by atoms with Gasteiger partial charge in [0.1, 0.15) is 12.2 Å². The molecule has 5 aliphatic rings. The molecule has 4 heterocycles. The molecule has 6 amide bonds. The van der Waals surface area contributed by atoms with Crippen molar-refractivity contribution >= 4 is 59.3 Å². The normalized spacial score (nSPS) is 19.9. The minimum Gasteiger partial charge on any atom is -0.465 e. The van der Waals surface area contributed by atoms with E-state index in [1.165, 1.54) is 17.7 Å². The number of amides is 6. The van der Waals surface area contributed by atoms with E-state index in [9.17, 15) is 28.8 Å². The third-order valence-corrected chi connectivity index (χ3v) is 13.9. The van der Waals surface area contributed by atoms with Crippen LogP contribution < -0.4 is 28.3 Å². The SMILES string of the molecule is NC(N)=Nc1ccc(CC(=O)N2CCN(C(=O)OC3CCCC(OC(=O)N4CCN(C(=O)Cc5ccc(N=C(N)N)cc5)CC4)CCC3)CC2)cc1.O=C(O)N1CCN(C(=O)CCCC2CCNCC2)CC1. The summed E-state index contributed by atoms with van der Waals surface area (Å²) in [7, 11) is 0. The summed E-state index contributed by atoms with van der Waals surface area (Å²) < 4.78 is 11.8. The number of piperidine rings is 1. The molecule has 4 saturated heterocycles. The van der Waals surface area contributed by atoms with Gasteiger partial charge in [-0.2, -0.15) is 0 Å². The molecule has 1 saturated carbocycles.